The average molecular weight is 214 g/mol. The third-order valence-corrected chi connectivity index (χ3v) is 1.94. The van der Waals surface area contributed by atoms with Gasteiger partial charge < -0.3 is 4.98 Å². The molecule has 0 spiro atoms. The largest absolute Gasteiger partial charge is 0.417 e. The third kappa shape index (κ3) is 1.70. The van der Waals surface area contributed by atoms with Crippen molar-refractivity contribution in [2.45, 2.75) is 6.18 Å². The van der Waals surface area contributed by atoms with Crippen LogP contribution in [-0.4, -0.2) is 9.97 Å². The Bertz CT molecular complexity index is 559. The Balaban J connectivity index is 2.73. The SMILES string of the molecule is O=c1[nH]ccc2cc(C(F)(F)F)cnc12. The number of alkyl halides is 3. The van der Waals surface area contributed by atoms with Crippen molar-refractivity contribution in [1.82, 2.24) is 9.97 Å². The standard InChI is InChI=1S/C9H5F3N2O/c10-9(11,12)6-3-5-1-2-13-8(15)7(5)14-4-6/h1-4H,(H,13,15). The number of H-pyrrole nitrogens is 1. The summed E-state index contributed by atoms with van der Waals surface area (Å²) in [7, 11) is 0. The molecule has 0 fully saturated rings. The molecule has 3 nitrogen and oxygen atoms in total. The zero-order chi connectivity index (χ0) is 11.1. The topological polar surface area (TPSA) is 45.8 Å². The van der Waals surface area contributed by atoms with E-state index in [1.807, 2.05) is 0 Å². The van der Waals surface area contributed by atoms with Crippen LogP contribution in [0.3, 0.4) is 0 Å². The maximum absolute atomic E-state index is 12.3. The number of aromatic nitrogens is 2. The molecule has 2 heterocycles. The molecule has 78 valence electrons. The first-order valence-corrected chi connectivity index (χ1v) is 4.03. The van der Waals surface area contributed by atoms with Crippen LogP contribution in [0, 0.1) is 0 Å². The second-order valence-electron chi connectivity index (χ2n) is 2.97. The molecule has 1 N–H and O–H groups in total. The molecular formula is C9H5F3N2O. The van der Waals surface area contributed by atoms with Gasteiger partial charge in [-0.3, -0.25) is 4.79 Å². The van der Waals surface area contributed by atoms with Gasteiger partial charge in [0.15, 0.2) is 0 Å². The van der Waals surface area contributed by atoms with Gasteiger partial charge in [0.25, 0.3) is 5.56 Å². The first kappa shape index (κ1) is 9.70. The number of aromatic amines is 1. The minimum absolute atomic E-state index is 0.00509. The molecule has 0 bridgehead atoms. The number of hydrogen-bond acceptors (Lipinski definition) is 2. The molecule has 0 amide bonds. The summed E-state index contributed by atoms with van der Waals surface area (Å²) in [6.45, 7) is 0. The fraction of sp³-hybridized carbons (Fsp3) is 0.111. The van der Waals surface area contributed by atoms with E-state index in [0.29, 0.717) is 6.20 Å². The minimum atomic E-state index is -4.44. The molecule has 2 rings (SSSR count). The van der Waals surface area contributed by atoms with Crippen LogP contribution in [0.2, 0.25) is 0 Å². The zero-order valence-electron chi connectivity index (χ0n) is 7.30. The van der Waals surface area contributed by atoms with Crippen LogP contribution in [0.15, 0.2) is 29.3 Å². The third-order valence-electron chi connectivity index (χ3n) is 1.94. The van der Waals surface area contributed by atoms with E-state index in [1.54, 1.807) is 0 Å². The highest BCUT2D eigenvalue weighted by Gasteiger charge is 2.31. The lowest BCUT2D eigenvalue weighted by Gasteiger charge is -2.06. The number of rotatable bonds is 0. The van der Waals surface area contributed by atoms with Crippen molar-refractivity contribution in [3.05, 3.63) is 40.4 Å². The number of fused-ring (bicyclic) bond motifs is 1. The predicted molar refractivity (Wildman–Crippen MR) is 47.4 cm³/mol. The monoisotopic (exact) mass is 214 g/mol. The van der Waals surface area contributed by atoms with Crippen molar-refractivity contribution in [1.29, 1.82) is 0 Å². The smallest absolute Gasteiger partial charge is 0.327 e. The van der Waals surface area contributed by atoms with Gasteiger partial charge in [0, 0.05) is 17.8 Å². The summed E-state index contributed by atoms with van der Waals surface area (Å²) in [5.74, 6) is 0. The molecule has 2 aromatic heterocycles. The van der Waals surface area contributed by atoms with Gasteiger partial charge in [0.1, 0.15) is 5.52 Å². The van der Waals surface area contributed by atoms with Gasteiger partial charge in [-0.2, -0.15) is 13.2 Å². The van der Waals surface area contributed by atoms with E-state index in [2.05, 4.69) is 9.97 Å². The van der Waals surface area contributed by atoms with Crippen LogP contribution >= 0.6 is 0 Å². The average Bonchev–Trinajstić information content (AvgIpc) is 2.16. The number of hydrogen-bond donors (Lipinski definition) is 1. The first-order chi connectivity index (χ1) is 6.98. The van der Waals surface area contributed by atoms with Gasteiger partial charge in [0.05, 0.1) is 5.56 Å². The van der Waals surface area contributed by atoms with Gasteiger partial charge in [-0.05, 0) is 12.1 Å². The lowest BCUT2D eigenvalue weighted by molar-refractivity contribution is -0.137. The summed E-state index contributed by atoms with van der Waals surface area (Å²) in [6, 6.07) is 2.27. The normalized spacial score (nSPS) is 11.9. The summed E-state index contributed by atoms with van der Waals surface area (Å²) >= 11 is 0. The van der Waals surface area contributed by atoms with Gasteiger partial charge in [0.2, 0.25) is 0 Å². The van der Waals surface area contributed by atoms with E-state index >= 15 is 0 Å². The highest BCUT2D eigenvalue weighted by Crippen LogP contribution is 2.29. The second-order valence-corrected chi connectivity index (χ2v) is 2.97. The second kappa shape index (κ2) is 3.08. The summed E-state index contributed by atoms with van der Waals surface area (Å²) in [5.41, 5.74) is -1.35. The van der Waals surface area contributed by atoms with Gasteiger partial charge in [-0.25, -0.2) is 4.98 Å². The summed E-state index contributed by atoms with van der Waals surface area (Å²) in [6.07, 6.45) is -2.51. The molecule has 15 heavy (non-hydrogen) atoms. The number of halogens is 3. The van der Waals surface area contributed by atoms with Crippen LogP contribution < -0.4 is 5.56 Å². The molecule has 0 aromatic carbocycles. The Morgan fingerprint density at radius 2 is 2.07 bits per heavy atom. The van der Waals surface area contributed by atoms with Crippen molar-refractivity contribution < 1.29 is 13.2 Å². The molecule has 2 aromatic rings. The van der Waals surface area contributed by atoms with Crippen LogP contribution in [-0.2, 0) is 6.18 Å². The predicted octanol–water partition coefficient (Wildman–Crippen LogP) is 1.94. The van der Waals surface area contributed by atoms with Crippen molar-refractivity contribution >= 4 is 10.9 Å². The Kier molecular flexibility index (Phi) is 1.99. The maximum atomic E-state index is 12.3. The molecule has 0 aliphatic rings. The van der Waals surface area contributed by atoms with E-state index in [9.17, 15) is 18.0 Å². The summed E-state index contributed by atoms with van der Waals surface area (Å²) < 4.78 is 36.9. The van der Waals surface area contributed by atoms with Crippen molar-refractivity contribution in [2.24, 2.45) is 0 Å². The highest BCUT2D eigenvalue weighted by atomic mass is 19.4. The number of pyridine rings is 2. The van der Waals surface area contributed by atoms with Crippen LogP contribution in [0.4, 0.5) is 13.2 Å². The van der Waals surface area contributed by atoms with E-state index in [1.165, 1.54) is 12.3 Å². The number of nitrogens with zero attached hydrogens (tertiary/aromatic N) is 1. The molecule has 0 aliphatic carbocycles. The van der Waals surface area contributed by atoms with E-state index < -0.39 is 17.3 Å². The zero-order valence-corrected chi connectivity index (χ0v) is 7.30. The van der Waals surface area contributed by atoms with E-state index in [0.717, 1.165) is 6.07 Å². The van der Waals surface area contributed by atoms with Crippen molar-refractivity contribution in [3.63, 3.8) is 0 Å². The van der Waals surface area contributed by atoms with Crippen LogP contribution in [0.25, 0.3) is 10.9 Å². The highest BCUT2D eigenvalue weighted by molar-refractivity contribution is 5.77. The quantitative estimate of drug-likeness (QED) is 0.728. The van der Waals surface area contributed by atoms with Gasteiger partial charge >= 0.3 is 6.18 Å². The molecule has 0 radical (unpaired) electrons. The Morgan fingerprint density at radius 3 is 2.73 bits per heavy atom. The molecule has 6 heteroatoms. The molecule has 0 atom stereocenters. The summed E-state index contributed by atoms with van der Waals surface area (Å²) in [5, 5.41) is 0.175. The molecular weight excluding hydrogens is 209 g/mol. The van der Waals surface area contributed by atoms with Crippen LogP contribution in [0.1, 0.15) is 5.56 Å². The Morgan fingerprint density at radius 1 is 1.33 bits per heavy atom. The van der Waals surface area contributed by atoms with Crippen molar-refractivity contribution in [3.8, 4) is 0 Å². The van der Waals surface area contributed by atoms with Gasteiger partial charge in [-0.1, -0.05) is 0 Å². The maximum Gasteiger partial charge on any atom is 0.417 e. The summed E-state index contributed by atoms with van der Waals surface area (Å²) in [4.78, 5) is 17.0. The fourth-order valence-electron chi connectivity index (χ4n) is 1.23. The van der Waals surface area contributed by atoms with Crippen molar-refractivity contribution in [2.75, 3.05) is 0 Å². The lowest BCUT2D eigenvalue weighted by Crippen LogP contribution is -2.10. The molecule has 0 unspecified atom stereocenters. The van der Waals surface area contributed by atoms with E-state index in [4.69, 9.17) is 0 Å². The van der Waals surface area contributed by atoms with E-state index in [-0.39, 0.29) is 10.9 Å². The fourth-order valence-corrected chi connectivity index (χ4v) is 1.23. The molecule has 0 saturated heterocycles. The number of nitrogens with one attached hydrogen (secondary N) is 1. The molecule has 0 aliphatic heterocycles. The molecule has 0 saturated carbocycles. The Labute approximate surface area is 81.6 Å². The van der Waals surface area contributed by atoms with Gasteiger partial charge in [-0.15, -0.1) is 0 Å². The minimum Gasteiger partial charge on any atom is -0.327 e. The Hall–Kier alpha value is -1.85. The first-order valence-electron chi connectivity index (χ1n) is 4.03. The van der Waals surface area contributed by atoms with Crippen LogP contribution in [0.5, 0.6) is 0 Å². The lowest BCUT2D eigenvalue weighted by atomic mass is 10.2.